The van der Waals surface area contributed by atoms with Gasteiger partial charge in [-0.05, 0) is 44.9 Å². The van der Waals surface area contributed by atoms with E-state index in [1.165, 1.54) is 5.69 Å². The van der Waals surface area contributed by atoms with Gasteiger partial charge >= 0.3 is 0 Å². The molecule has 3 nitrogen and oxygen atoms in total. The smallest absolute Gasteiger partial charge is 0.120 e. The number of hydrogen-bond acceptors (Lipinski definition) is 3. The highest BCUT2D eigenvalue weighted by atomic mass is 16.5. The Balaban J connectivity index is 2.26. The van der Waals surface area contributed by atoms with Crippen LogP contribution >= 0.6 is 0 Å². The minimum absolute atomic E-state index is 0.177. The van der Waals surface area contributed by atoms with Crippen LogP contribution in [-0.4, -0.2) is 25.7 Å². The molecule has 1 aliphatic rings. The van der Waals surface area contributed by atoms with Gasteiger partial charge in [-0.1, -0.05) is 6.07 Å². The van der Waals surface area contributed by atoms with E-state index in [1.54, 1.807) is 7.11 Å². The number of methoxy groups -OCH3 is 1. The van der Waals surface area contributed by atoms with Crippen LogP contribution in [0.1, 0.15) is 20.3 Å². The van der Waals surface area contributed by atoms with Gasteiger partial charge in [0.25, 0.3) is 0 Å². The molecular formula is C14H22N2O. The average Bonchev–Trinajstić information content (AvgIpc) is 2.64. The van der Waals surface area contributed by atoms with Crippen LogP contribution in [0, 0.1) is 5.92 Å². The largest absolute Gasteiger partial charge is 0.497 e. The van der Waals surface area contributed by atoms with E-state index in [0.29, 0.717) is 5.92 Å². The Morgan fingerprint density at radius 3 is 2.82 bits per heavy atom. The van der Waals surface area contributed by atoms with Crippen molar-refractivity contribution in [2.45, 2.75) is 25.8 Å². The Morgan fingerprint density at radius 1 is 1.47 bits per heavy atom. The molecule has 1 aliphatic heterocycles. The third-order valence-electron chi connectivity index (χ3n) is 3.66. The van der Waals surface area contributed by atoms with Crippen molar-refractivity contribution in [3.63, 3.8) is 0 Å². The summed E-state index contributed by atoms with van der Waals surface area (Å²) in [4.78, 5) is 2.44. The van der Waals surface area contributed by atoms with Gasteiger partial charge in [0.1, 0.15) is 5.75 Å². The minimum Gasteiger partial charge on any atom is -0.497 e. The van der Waals surface area contributed by atoms with Gasteiger partial charge < -0.3 is 15.4 Å². The van der Waals surface area contributed by atoms with E-state index < -0.39 is 0 Å². The average molecular weight is 234 g/mol. The summed E-state index contributed by atoms with van der Waals surface area (Å²) in [7, 11) is 1.71. The van der Waals surface area contributed by atoms with Gasteiger partial charge in [-0.2, -0.15) is 0 Å². The second-order valence-corrected chi connectivity index (χ2v) is 5.43. The predicted molar refractivity (Wildman–Crippen MR) is 71.6 cm³/mol. The monoisotopic (exact) mass is 234 g/mol. The predicted octanol–water partition coefficient (Wildman–Crippen LogP) is 2.26. The Labute approximate surface area is 104 Å². The standard InChI is InChI=1S/C14H22N2O/c1-14(2)8-11(9-15)10-16(14)12-5-4-6-13(7-12)17-3/h4-7,11H,8-10,15H2,1-3H3. The van der Waals surface area contributed by atoms with Crippen molar-refractivity contribution >= 4 is 5.69 Å². The van der Waals surface area contributed by atoms with Crippen molar-refractivity contribution in [1.29, 1.82) is 0 Å². The molecular weight excluding hydrogens is 212 g/mol. The highest BCUT2D eigenvalue weighted by Crippen LogP contribution is 2.37. The Morgan fingerprint density at radius 2 is 2.24 bits per heavy atom. The van der Waals surface area contributed by atoms with E-state index >= 15 is 0 Å². The first-order valence-corrected chi connectivity index (χ1v) is 6.18. The van der Waals surface area contributed by atoms with Gasteiger partial charge in [0.15, 0.2) is 0 Å². The van der Waals surface area contributed by atoms with E-state index in [1.807, 2.05) is 12.1 Å². The molecule has 2 N–H and O–H groups in total. The SMILES string of the molecule is COc1cccc(N2CC(CN)CC2(C)C)c1. The zero-order valence-corrected chi connectivity index (χ0v) is 10.9. The zero-order chi connectivity index (χ0) is 12.5. The van der Waals surface area contributed by atoms with Crippen LogP contribution in [0.4, 0.5) is 5.69 Å². The van der Waals surface area contributed by atoms with Crippen LogP contribution in [0.3, 0.4) is 0 Å². The third kappa shape index (κ3) is 2.39. The fraction of sp³-hybridized carbons (Fsp3) is 0.571. The Kier molecular flexibility index (Phi) is 3.29. The van der Waals surface area contributed by atoms with E-state index in [4.69, 9.17) is 10.5 Å². The molecule has 0 aromatic heterocycles. The van der Waals surface area contributed by atoms with Gasteiger partial charge in [-0.25, -0.2) is 0 Å². The molecule has 0 radical (unpaired) electrons. The summed E-state index contributed by atoms with van der Waals surface area (Å²) in [6.45, 7) is 6.37. The number of nitrogens with two attached hydrogens (primary N) is 1. The summed E-state index contributed by atoms with van der Waals surface area (Å²) < 4.78 is 5.28. The summed E-state index contributed by atoms with van der Waals surface area (Å²) in [5.74, 6) is 1.51. The first kappa shape index (κ1) is 12.2. The second kappa shape index (κ2) is 4.57. The molecule has 0 spiro atoms. The molecule has 1 atom stereocenters. The van der Waals surface area contributed by atoms with Gasteiger partial charge in [-0.3, -0.25) is 0 Å². The van der Waals surface area contributed by atoms with Crippen LogP contribution < -0.4 is 15.4 Å². The van der Waals surface area contributed by atoms with E-state index in [2.05, 4.69) is 30.9 Å². The zero-order valence-electron chi connectivity index (χ0n) is 10.9. The molecule has 1 saturated heterocycles. The first-order valence-electron chi connectivity index (χ1n) is 6.18. The molecule has 0 bridgehead atoms. The lowest BCUT2D eigenvalue weighted by Crippen LogP contribution is -2.38. The van der Waals surface area contributed by atoms with Crippen molar-refractivity contribution in [3.05, 3.63) is 24.3 Å². The summed E-state index contributed by atoms with van der Waals surface area (Å²) in [6, 6.07) is 8.26. The Hall–Kier alpha value is -1.22. The van der Waals surface area contributed by atoms with Crippen molar-refractivity contribution in [2.75, 3.05) is 25.1 Å². The molecule has 1 fully saturated rings. The highest BCUT2D eigenvalue weighted by Gasteiger charge is 2.37. The van der Waals surface area contributed by atoms with Crippen molar-refractivity contribution in [2.24, 2.45) is 11.7 Å². The molecule has 0 amide bonds. The Bertz CT molecular complexity index is 390. The van der Waals surface area contributed by atoms with Gasteiger partial charge in [0.05, 0.1) is 7.11 Å². The molecule has 17 heavy (non-hydrogen) atoms. The maximum Gasteiger partial charge on any atom is 0.120 e. The minimum atomic E-state index is 0.177. The third-order valence-corrected chi connectivity index (χ3v) is 3.66. The van der Waals surface area contributed by atoms with Crippen LogP contribution in [-0.2, 0) is 0 Å². The van der Waals surface area contributed by atoms with E-state index in [9.17, 15) is 0 Å². The summed E-state index contributed by atoms with van der Waals surface area (Å²) in [5.41, 5.74) is 7.20. The fourth-order valence-electron chi connectivity index (χ4n) is 2.78. The van der Waals surface area contributed by atoms with E-state index in [-0.39, 0.29) is 5.54 Å². The molecule has 1 unspecified atom stereocenters. The van der Waals surface area contributed by atoms with Gasteiger partial charge in [0.2, 0.25) is 0 Å². The first-order chi connectivity index (χ1) is 8.06. The van der Waals surface area contributed by atoms with Crippen LogP contribution in [0.5, 0.6) is 5.75 Å². The molecule has 3 heteroatoms. The van der Waals surface area contributed by atoms with E-state index in [0.717, 1.165) is 25.3 Å². The lowest BCUT2D eigenvalue weighted by Gasteiger charge is -2.33. The highest BCUT2D eigenvalue weighted by molar-refractivity contribution is 5.53. The van der Waals surface area contributed by atoms with Crippen molar-refractivity contribution in [1.82, 2.24) is 0 Å². The number of anilines is 1. The molecule has 1 heterocycles. The van der Waals surface area contributed by atoms with Crippen molar-refractivity contribution in [3.8, 4) is 5.75 Å². The summed E-state index contributed by atoms with van der Waals surface area (Å²) in [6.07, 6.45) is 1.15. The molecule has 0 saturated carbocycles. The van der Waals surface area contributed by atoms with Gasteiger partial charge in [-0.15, -0.1) is 0 Å². The lowest BCUT2D eigenvalue weighted by atomic mass is 9.96. The molecule has 1 aromatic rings. The lowest BCUT2D eigenvalue weighted by molar-refractivity contribution is 0.414. The van der Waals surface area contributed by atoms with Crippen LogP contribution in [0.25, 0.3) is 0 Å². The molecule has 1 aromatic carbocycles. The maximum absolute atomic E-state index is 5.80. The summed E-state index contributed by atoms with van der Waals surface area (Å²) in [5, 5.41) is 0. The normalized spacial score (nSPS) is 22.8. The number of benzene rings is 1. The van der Waals surface area contributed by atoms with Gasteiger partial charge in [0, 0.05) is 23.8 Å². The number of nitrogens with zero attached hydrogens (tertiary/aromatic N) is 1. The number of rotatable bonds is 3. The van der Waals surface area contributed by atoms with Crippen molar-refractivity contribution < 1.29 is 4.74 Å². The quantitative estimate of drug-likeness (QED) is 0.872. The maximum atomic E-state index is 5.80. The molecule has 0 aliphatic carbocycles. The van der Waals surface area contributed by atoms with Crippen LogP contribution in [0.2, 0.25) is 0 Å². The fourth-order valence-corrected chi connectivity index (χ4v) is 2.78. The number of hydrogen-bond donors (Lipinski definition) is 1. The summed E-state index contributed by atoms with van der Waals surface area (Å²) >= 11 is 0. The number of ether oxygens (including phenoxy) is 1. The molecule has 94 valence electrons. The molecule has 2 rings (SSSR count). The topological polar surface area (TPSA) is 38.5 Å². The second-order valence-electron chi connectivity index (χ2n) is 5.43. The van der Waals surface area contributed by atoms with Crippen LogP contribution in [0.15, 0.2) is 24.3 Å².